The Morgan fingerprint density at radius 3 is 1.45 bits per heavy atom. The summed E-state index contributed by atoms with van der Waals surface area (Å²) in [5.41, 5.74) is 5.47. The Labute approximate surface area is 130 Å². The Morgan fingerprint density at radius 2 is 1.09 bits per heavy atom. The van der Waals surface area contributed by atoms with Crippen LogP contribution in [0.5, 0.6) is 0 Å². The minimum absolute atomic E-state index is 0.180. The maximum absolute atomic E-state index is 8.77. The Kier molecular flexibility index (Phi) is 9.92. The van der Waals surface area contributed by atoms with E-state index in [1.807, 2.05) is 0 Å². The van der Waals surface area contributed by atoms with Gasteiger partial charge in [-0.1, -0.05) is 0 Å². The molecule has 0 aromatic carbocycles. The predicted molar refractivity (Wildman–Crippen MR) is 87.0 cm³/mol. The second kappa shape index (κ2) is 11.9. The second-order valence-electron chi connectivity index (χ2n) is 4.74. The van der Waals surface area contributed by atoms with Crippen molar-refractivity contribution in [1.29, 1.82) is 0 Å². The van der Waals surface area contributed by atoms with E-state index >= 15 is 0 Å². The zero-order valence-electron chi connectivity index (χ0n) is 12.9. The first-order valence-electron chi connectivity index (χ1n) is 7.69. The topological polar surface area (TPSA) is 141 Å². The fraction of sp³-hybridized carbons (Fsp3) is 0.769. The zero-order chi connectivity index (χ0) is 16.0. The normalized spacial score (nSPS) is 10.5. The van der Waals surface area contributed by atoms with Gasteiger partial charge in [-0.3, -0.25) is 0 Å². The van der Waals surface area contributed by atoms with Gasteiger partial charge in [-0.05, 0) is 25.7 Å². The minimum atomic E-state index is 0.180. The summed E-state index contributed by atoms with van der Waals surface area (Å²) in [4.78, 5) is 12.8. The van der Waals surface area contributed by atoms with E-state index in [9.17, 15) is 0 Å². The summed E-state index contributed by atoms with van der Waals surface area (Å²) in [6.45, 7) is 2.80. The first-order valence-corrected chi connectivity index (χ1v) is 7.69. The van der Waals surface area contributed by atoms with Crippen LogP contribution in [0.2, 0.25) is 0 Å². The number of hydrogen-bond donors (Lipinski definition) is 6. The number of hydrogen-bond acceptors (Lipinski definition) is 9. The smallest absolute Gasteiger partial charge is 0.229 e. The molecule has 0 radical (unpaired) electrons. The van der Waals surface area contributed by atoms with E-state index in [0.29, 0.717) is 44.0 Å². The molecule has 22 heavy (non-hydrogen) atoms. The largest absolute Gasteiger partial charge is 0.396 e. The number of aliphatic hydroxyl groups is 2. The highest BCUT2D eigenvalue weighted by atomic mass is 16.3. The molecule has 0 amide bonds. The summed E-state index contributed by atoms with van der Waals surface area (Å²) in [5, 5.41) is 26.8. The maximum atomic E-state index is 8.77. The number of anilines is 3. The van der Waals surface area contributed by atoms with Crippen molar-refractivity contribution in [3.05, 3.63) is 0 Å². The van der Waals surface area contributed by atoms with Gasteiger partial charge in [0.25, 0.3) is 0 Å². The molecule has 1 aromatic heterocycles. The lowest BCUT2D eigenvalue weighted by Gasteiger charge is -2.10. The Bertz CT molecular complexity index is 376. The molecular weight excluding hydrogens is 286 g/mol. The summed E-state index contributed by atoms with van der Waals surface area (Å²) >= 11 is 0. The number of aromatic nitrogens is 3. The number of rotatable bonds is 13. The van der Waals surface area contributed by atoms with Gasteiger partial charge < -0.3 is 31.9 Å². The van der Waals surface area contributed by atoms with E-state index in [4.69, 9.17) is 15.9 Å². The number of nitrogens with zero attached hydrogens (tertiary/aromatic N) is 3. The highest BCUT2D eigenvalue weighted by Crippen LogP contribution is 2.09. The van der Waals surface area contributed by atoms with Gasteiger partial charge in [0.15, 0.2) is 0 Å². The van der Waals surface area contributed by atoms with Crippen LogP contribution < -0.4 is 21.7 Å². The van der Waals surface area contributed by atoms with Crippen molar-refractivity contribution >= 4 is 17.8 Å². The van der Waals surface area contributed by atoms with E-state index in [1.54, 1.807) is 0 Å². The predicted octanol–water partition coefficient (Wildman–Crippen LogP) is -0.389. The quantitative estimate of drug-likeness (QED) is 0.268. The third-order valence-electron chi connectivity index (χ3n) is 2.80. The van der Waals surface area contributed by atoms with Crippen molar-refractivity contribution in [2.24, 2.45) is 5.73 Å². The van der Waals surface area contributed by atoms with E-state index < -0.39 is 0 Å². The van der Waals surface area contributed by atoms with Crippen LogP contribution in [0.4, 0.5) is 17.8 Å². The van der Waals surface area contributed by atoms with Crippen molar-refractivity contribution in [2.75, 3.05) is 55.3 Å². The van der Waals surface area contributed by atoms with Crippen molar-refractivity contribution in [3.8, 4) is 0 Å². The first kappa shape index (κ1) is 18.3. The molecule has 0 spiro atoms. The molecule has 0 aliphatic carbocycles. The van der Waals surface area contributed by atoms with E-state index in [-0.39, 0.29) is 13.2 Å². The lowest BCUT2D eigenvalue weighted by molar-refractivity contribution is 0.286. The average Bonchev–Trinajstić information content (AvgIpc) is 2.54. The van der Waals surface area contributed by atoms with Gasteiger partial charge in [-0.15, -0.1) is 0 Å². The third-order valence-corrected chi connectivity index (χ3v) is 2.80. The van der Waals surface area contributed by atoms with Gasteiger partial charge in [-0.25, -0.2) is 0 Å². The molecule has 0 saturated carbocycles. The van der Waals surface area contributed by atoms with Gasteiger partial charge in [0, 0.05) is 39.4 Å². The standard InChI is InChI=1S/C13H27N7O2/c14-5-8-17-13-19-11(15-6-1-3-9-21)18-12(20-13)16-7-2-4-10-22/h21-22H,1-10,14H2,(H3,15,16,17,18,19,20). The number of aliphatic hydroxyl groups excluding tert-OH is 2. The second-order valence-corrected chi connectivity index (χ2v) is 4.74. The molecule has 0 aliphatic rings. The fourth-order valence-corrected chi connectivity index (χ4v) is 1.67. The number of nitrogens with two attached hydrogens (primary N) is 1. The van der Waals surface area contributed by atoms with Crippen molar-refractivity contribution in [2.45, 2.75) is 25.7 Å². The molecule has 0 atom stereocenters. The number of nitrogens with one attached hydrogen (secondary N) is 3. The first-order chi connectivity index (χ1) is 10.8. The summed E-state index contributed by atoms with van der Waals surface area (Å²) in [6.07, 6.45) is 3.16. The van der Waals surface area contributed by atoms with Gasteiger partial charge in [0.2, 0.25) is 17.8 Å². The highest BCUT2D eigenvalue weighted by molar-refractivity contribution is 5.42. The van der Waals surface area contributed by atoms with E-state index in [2.05, 4.69) is 30.9 Å². The molecule has 1 heterocycles. The number of unbranched alkanes of at least 4 members (excludes halogenated alkanes) is 2. The Morgan fingerprint density at radius 1 is 0.682 bits per heavy atom. The SMILES string of the molecule is NCCNc1nc(NCCCCO)nc(NCCCCO)n1. The van der Waals surface area contributed by atoms with Crippen molar-refractivity contribution < 1.29 is 10.2 Å². The van der Waals surface area contributed by atoms with Crippen molar-refractivity contribution in [3.63, 3.8) is 0 Å². The van der Waals surface area contributed by atoms with E-state index in [0.717, 1.165) is 25.7 Å². The van der Waals surface area contributed by atoms with Crippen LogP contribution in [0.3, 0.4) is 0 Å². The van der Waals surface area contributed by atoms with Crippen molar-refractivity contribution in [1.82, 2.24) is 15.0 Å². The maximum Gasteiger partial charge on any atom is 0.229 e. The molecule has 0 unspecified atom stereocenters. The molecule has 0 saturated heterocycles. The minimum Gasteiger partial charge on any atom is -0.396 e. The molecule has 9 nitrogen and oxygen atoms in total. The lowest BCUT2D eigenvalue weighted by atomic mass is 10.3. The van der Waals surface area contributed by atoms with Crippen LogP contribution in [-0.2, 0) is 0 Å². The van der Waals surface area contributed by atoms with Gasteiger partial charge in [-0.2, -0.15) is 15.0 Å². The molecular formula is C13H27N7O2. The highest BCUT2D eigenvalue weighted by Gasteiger charge is 2.05. The zero-order valence-corrected chi connectivity index (χ0v) is 12.9. The van der Waals surface area contributed by atoms with E-state index in [1.165, 1.54) is 0 Å². The Hall–Kier alpha value is -1.71. The molecule has 0 aliphatic heterocycles. The van der Waals surface area contributed by atoms with Crippen LogP contribution in [0.1, 0.15) is 25.7 Å². The lowest BCUT2D eigenvalue weighted by Crippen LogP contribution is -2.17. The molecule has 9 heteroatoms. The molecule has 0 bridgehead atoms. The summed E-state index contributed by atoms with van der Waals surface area (Å²) in [5.74, 6) is 1.43. The molecule has 7 N–H and O–H groups in total. The molecule has 1 rings (SSSR count). The summed E-state index contributed by atoms with van der Waals surface area (Å²) in [7, 11) is 0. The molecule has 1 aromatic rings. The fourth-order valence-electron chi connectivity index (χ4n) is 1.67. The molecule has 0 fully saturated rings. The monoisotopic (exact) mass is 313 g/mol. The summed E-state index contributed by atoms with van der Waals surface area (Å²) < 4.78 is 0. The van der Waals surface area contributed by atoms with Gasteiger partial charge in [0.05, 0.1) is 0 Å². The van der Waals surface area contributed by atoms with Gasteiger partial charge in [0.1, 0.15) is 0 Å². The molecule has 126 valence electrons. The van der Waals surface area contributed by atoms with Gasteiger partial charge >= 0.3 is 0 Å². The van der Waals surface area contributed by atoms with Crippen LogP contribution in [0, 0.1) is 0 Å². The van der Waals surface area contributed by atoms with Crippen LogP contribution >= 0.6 is 0 Å². The van der Waals surface area contributed by atoms with Crippen LogP contribution in [0.25, 0.3) is 0 Å². The van der Waals surface area contributed by atoms with Crippen LogP contribution in [-0.4, -0.2) is 64.6 Å². The van der Waals surface area contributed by atoms with Crippen LogP contribution in [0.15, 0.2) is 0 Å². The Balaban J connectivity index is 2.59. The summed E-state index contributed by atoms with van der Waals surface area (Å²) in [6, 6.07) is 0. The average molecular weight is 313 g/mol. The third kappa shape index (κ3) is 7.91.